The van der Waals surface area contributed by atoms with Gasteiger partial charge >= 0.3 is 5.97 Å². The average molecular weight is 198 g/mol. The van der Waals surface area contributed by atoms with Gasteiger partial charge in [0.15, 0.2) is 5.69 Å². The molecule has 1 aromatic heterocycles. The minimum atomic E-state index is -0.950. The maximum atomic E-state index is 10.6. The van der Waals surface area contributed by atoms with Crippen LogP contribution in [0, 0.1) is 6.92 Å². The van der Waals surface area contributed by atoms with Gasteiger partial charge in [-0.15, -0.1) is 0 Å². The second-order valence-electron chi connectivity index (χ2n) is 3.11. The van der Waals surface area contributed by atoms with E-state index in [1.807, 2.05) is 23.4 Å². The van der Waals surface area contributed by atoms with Crippen molar-refractivity contribution in [1.29, 1.82) is 0 Å². The molecule has 0 radical (unpaired) electrons. The van der Waals surface area contributed by atoms with Gasteiger partial charge in [-0.2, -0.15) is 16.9 Å². The van der Waals surface area contributed by atoms with Crippen LogP contribution >= 0.6 is 11.8 Å². The molecule has 1 saturated heterocycles. The molecule has 0 bridgehead atoms. The van der Waals surface area contributed by atoms with Crippen molar-refractivity contribution in [2.75, 3.05) is 11.5 Å². The topological polar surface area (TPSA) is 55.1 Å². The molecule has 1 aliphatic rings. The number of rotatable bonds is 2. The monoisotopic (exact) mass is 198 g/mol. The van der Waals surface area contributed by atoms with E-state index in [1.165, 1.54) is 0 Å². The van der Waals surface area contributed by atoms with Crippen LogP contribution in [-0.4, -0.2) is 32.4 Å². The summed E-state index contributed by atoms with van der Waals surface area (Å²) < 4.78 is 1.82. The molecule has 70 valence electrons. The van der Waals surface area contributed by atoms with Crippen LogP contribution in [0.15, 0.2) is 6.07 Å². The number of hydrogen-bond acceptors (Lipinski definition) is 3. The Morgan fingerprint density at radius 2 is 2.46 bits per heavy atom. The largest absolute Gasteiger partial charge is 0.476 e. The van der Waals surface area contributed by atoms with Gasteiger partial charge in [-0.3, -0.25) is 4.68 Å². The van der Waals surface area contributed by atoms with Crippen molar-refractivity contribution < 1.29 is 9.90 Å². The summed E-state index contributed by atoms with van der Waals surface area (Å²) in [5.74, 6) is 1.14. The zero-order chi connectivity index (χ0) is 9.42. The first-order valence-electron chi connectivity index (χ1n) is 4.05. The minimum absolute atomic E-state index is 0.148. The lowest BCUT2D eigenvalue weighted by Crippen LogP contribution is -2.24. The Hall–Kier alpha value is -0.970. The number of aromatic nitrogens is 2. The third kappa shape index (κ3) is 1.44. The standard InChI is InChI=1S/C8H10N2O2S/c1-5-2-7(8(11)12)9-10(5)6-3-13-4-6/h2,6H,3-4H2,1H3,(H,11,12). The molecule has 4 nitrogen and oxygen atoms in total. The van der Waals surface area contributed by atoms with Gasteiger partial charge in [0.05, 0.1) is 6.04 Å². The van der Waals surface area contributed by atoms with Gasteiger partial charge in [-0.1, -0.05) is 0 Å². The normalized spacial score (nSPS) is 17.0. The van der Waals surface area contributed by atoms with Crippen LogP contribution in [0.5, 0.6) is 0 Å². The van der Waals surface area contributed by atoms with Gasteiger partial charge in [0, 0.05) is 17.2 Å². The van der Waals surface area contributed by atoms with Crippen LogP contribution in [0.3, 0.4) is 0 Å². The fraction of sp³-hybridized carbons (Fsp3) is 0.500. The Bertz CT molecular complexity index is 344. The van der Waals surface area contributed by atoms with Crippen molar-refractivity contribution in [2.24, 2.45) is 0 Å². The zero-order valence-electron chi connectivity index (χ0n) is 7.23. The average Bonchev–Trinajstić information content (AvgIpc) is 2.29. The molecule has 5 heteroatoms. The zero-order valence-corrected chi connectivity index (χ0v) is 8.04. The highest BCUT2D eigenvalue weighted by atomic mass is 32.2. The molecular weight excluding hydrogens is 188 g/mol. The summed E-state index contributed by atoms with van der Waals surface area (Å²) in [5, 5.41) is 12.7. The van der Waals surface area contributed by atoms with Crippen LogP contribution in [-0.2, 0) is 0 Å². The van der Waals surface area contributed by atoms with Gasteiger partial charge in [-0.25, -0.2) is 4.79 Å². The lowest BCUT2D eigenvalue weighted by atomic mass is 10.3. The van der Waals surface area contributed by atoms with E-state index in [0.29, 0.717) is 6.04 Å². The second-order valence-corrected chi connectivity index (χ2v) is 4.19. The summed E-state index contributed by atoms with van der Waals surface area (Å²) in [7, 11) is 0. The van der Waals surface area contributed by atoms with Crippen LogP contribution in [0.4, 0.5) is 0 Å². The van der Waals surface area contributed by atoms with Crippen LogP contribution < -0.4 is 0 Å². The summed E-state index contributed by atoms with van der Waals surface area (Å²) in [4.78, 5) is 10.6. The summed E-state index contributed by atoms with van der Waals surface area (Å²) in [6.45, 7) is 1.89. The van der Waals surface area contributed by atoms with E-state index in [4.69, 9.17) is 5.11 Å². The highest BCUT2D eigenvalue weighted by Crippen LogP contribution is 2.29. The van der Waals surface area contributed by atoms with Gasteiger partial charge in [0.1, 0.15) is 0 Å². The van der Waals surface area contributed by atoms with E-state index in [0.717, 1.165) is 17.2 Å². The Morgan fingerprint density at radius 1 is 1.77 bits per heavy atom. The van der Waals surface area contributed by atoms with E-state index in [2.05, 4.69) is 5.10 Å². The van der Waals surface area contributed by atoms with Crippen molar-refractivity contribution >= 4 is 17.7 Å². The number of nitrogens with zero attached hydrogens (tertiary/aromatic N) is 2. The maximum absolute atomic E-state index is 10.6. The molecule has 0 spiro atoms. The number of hydrogen-bond donors (Lipinski definition) is 1. The van der Waals surface area contributed by atoms with Gasteiger partial charge < -0.3 is 5.11 Å². The number of carboxylic acids is 1. The Morgan fingerprint density at radius 3 is 2.85 bits per heavy atom. The van der Waals surface area contributed by atoms with Crippen molar-refractivity contribution in [1.82, 2.24) is 9.78 Å². The van der Waals surface area contributed by atoms with Crippen LogP contribution in [0.1, 0.15) is 22.2 Å². The molecule has 1 aliphatic heterocycles. The van der Waals surface area contributed by atoms with Gasteiger partial charge in [0.25, 0.3) is 0 Å². The van der Waals surface area contributed by atoms with E-state index in [1.54, 1.807) is 6.07 Å². The van der Waals surface area contributed by atoms with E-state index in [-0.39, 0.29) is 5.69 Å². The third-order valence-electron chi connectivity index (χ3n) is 2.11. The van der Waals surface area contributed by atoms with E-state index in [9.17, 15) is 4.79 Å². The number of carboxylic acid groups (broad SMARTS) is 1. The summed E-state index contributed by atoms with van der Waals surface area (Å²) in [6.07, 6.45) is 0. The number of thioether (sulfide) groups is 1. The summed E-state index contributed by atoms with van der Waals surface area (Å²) in [6, 6.07) is 2.02. The van der Waals surface area contributed by atoms with Crippen molar-refractivity contribution in [3.05, 3.63) is 17.5 Å². The van der Waals surface area contributed by atoms with E-state index >= 15 is 0 Å². The Labute approximate surface area is 79.9 Å². The molecule has 0 atom stereocenters. The molecule has 0 saturated carbocycles. The summed E-state index contributed by atoms with van der Waals surface area (Å²) >= 11 is 1.86. The number of carbonyl (C=O) groups is 1. The molecule has 0 amide bonds. The van der Waals surface area contributed by atoms with E-state index < -0.39 is 5.97 Å². The van der Waals surface area contributed by atoms with Crippen LogP contribution in [0.2, 0.25) is 0 Å². The van der Waals surface area contributed by atoms with Crippen molar-refractivity contribution in [2.45, 2.75) is 13.0 Å². The molecule has 2 rings (SSSR count). The molecule has 0 unspecified atom stereocenters. The van der Waals surface area contributed by atoms with Crippen LogP contribution in [0.25, 0.3) is 0 Å². The molecule has 0 aliphatic carbocycles. The number of aromatic carboxylic acids is 1. The predicted molar refractivity (Wildman–Crippen MR) is 50.3 cm³/mol. The fourth-order valence-corrected chi connectivity index (χ4v) is 2.06. The lowest BCUT2D eigenvalue weighted by Gasteiger charge is -2.26. The molecule has 1 N–H and O–H groups in total. The predicted octanol–water partition coefficient (Wildman–Crippen LogP) is 1.18. The molecule has 1 aromatic rings. The third-order valence-corrected chi connectivity index (χ3v) is 3.35. The number of aryl methyl sites for hydroxylation is 1. The highest BCUT2D eigenvalue weighted by molar-refractivity contribution is 8.00. The van der Waals surface area contributed by atoms with Gasteiger partial charge in [0.2, 0.25) is 0 Å². The fourth-order valence-electron chi connectivity index (χ4n) is 1.33. The highest BCUT2D eigenvalue weighted by Gasteiger charge is 2.23. The molecule has 0 aromatic carbocycles. The quantitative estimate of drug-likeness (QED) is 0.775. The first kappa shape index (κ1) is 8.62. The molecule has 2 heterocycles. The smallest absolute Gasteiger partial charge is 0.356 e. The minimum Gasteiger partial charge on any atom is -0.476 e. The SMILES string of the molecule is Cc1cc(C(=O)O)nn1C1CSC1. The molecule has 13 heavy (non-hydrogen) atoms. The first-order valence-corrected chi connectivity index (χ1v) is 5.21. The molecular formula is C8H10N2O2S. The lowest BCUT2D eigenvalue weighted by molar-refractivity contribution is 0.0689. The summed E-state index contributed by atoms with van der Waals surface area (Å²) in [5.41, 5.74) is 1.08. The Balaban J connectivity index is 2.29. The first-order chi connectivity index (χ1) is 6.18. The Kier molecular flexibility index (Phi) is 2.03. The van der Waals surface area contributed by atoms with Crippen molar-refractivity contribution in [3.63, 3.8) is 0 Å². The van der Waals surface area contributed by atoms with Gasteiger partial charge in [-0.05, 0) is 13.0 Å². The second kappa shape index (κ2) is 3.06. The van der Waals surface area contributed by atoms with Crippen molar-refractivity contribution in [3.8, 4) is 0 Å². The molecule has 1 fully saturated rings. The maximum Gasteiger partial charge on any atom is 0.356 e.